The van der Waals surface area contributed by atoms with Crippen LogP contribution in [0.1, 0.15) is 42.5 Å². The van der Waals surface area contributed by atoms with Crippen molar-refractivity contribution in [2.24, 2.45) is 0 Å². The molecule has 6 nitrogen and oxygen atoms in total. The summed E-state index contributed by atoms with van der Waals surface area (Å²) in [5, 5.41) is 2.50. The Morgan fingerprint density at radius 2 is 1.64 bits per heavy atom. The molecule has 8 heteroatoms. The Balaban J connectivity index is 1.70. The van der Waals surface area contributed by atoms with Gasteiger partial charge in [-0.2, -0.15) is 0 Å². The molecular weight excluding hydrogens is 428 g/mol. The third-order valence-corrected chi connectivity index (χ3v) is 5.65. The Labute approximate surface area is 193 Å². The standard InChI is InChI=1S/C25H31F2N3O3/c1-29(2)12-13-33-23-10-8-18(9-11-23)25(32)30(22-6-4-3-5-7-22)17-24(31)28-21-15-19(26)14-20(27)16-21/h8-11,14-16,22H,3-7,12-13,17H2,1-2H3,(H,28,31). The molecule has 33 heavy (non-hydrogen) atoms. The fraction of sp³-hybridized carbons (Fsp3) is 0.440. The number of carbonyl (C=O) groups excluding carboxylic acids is 2. The van der Waals surface area contributed by atoms with Crippen LogP contribution >= 0.6 is 0 Å². The van der Waals surface area contributed by atoms with Crippen molar-refractivity contribution in [2.45, 2.75) is 38.1 Å². The van der Waals surface area contributed by atoms with Crippen molar-refractivity contribution in [3.8, 4) is 5.75 Å². The summed E-state index contributed by atoms with van der Waals surface area (Å²) in [6, 6.07) is 9.66. The molecule has 1 aliphatic carbocycles. The fourth-order valence-corrected chi connectivity index (χ4v) is 3.95. The molecule has 0 spiro atoms. The SMILES string of the molecule is CN(C)CCOc1ccc(C(=O)N(CC(=O)Nc2cc(F)cc(F)c2)C2CCCCC2)cc1. The minimum absolute atomic E-state index is 0.0211. The van der Waals surface area contributed by atoms with Crippen molar-refractivity contribution in [3.63, 3.8) is 0 Å². The number of anilines is 1. The molecule has 0 aromatic heterocycles. The van der Waals surface area contributed by atoms with Gasteiger partial charge in [0, 0.05) is 29.9 Å². The molecule has 178 valence electrons. The molecule has 0 aliphatic heterocycles. The summed E-state index contributed by atoms with van der Waals surface area (Å²) in [5.74, 6) is -1.63. The Morgan fingerprint density at radius 3 is 2.24 bits per heavy atom. The van der Waals surface area contributed by atoms with Gasteiger partial charge >= 0.3 is 0 Å². The van der Waals surface area contributed by atoms with Gasteiger partial charge < -0.3 is 19.9 Å². The van der Waals surface area contributed by atoms with Crippen molar-refractivity contribution in [1.82, 2.24) is 9.80 Å². The zero-order chi connectivity index (χ0) is 23.8. The van der Waals surface area contributed by atoms with E-state index in [2.05, 4.69) is 5.32 Å². The number of halogens is 2. The number of likely N-dealkylation sites (N-methyl/N-ethyl adjacent to an activating group) is 1. The van der Waals surface area contributed by atoms with Crippen LogP contribution in [0.25, 0.3) is 0 Å². The first-order chi connectivity index (χ1) is 15.8. The Morgan fingerprint density at radius 1 is 1.00 bits per heavy atom. The molecule has 1 fully saturated rings. The highest BCUT2D eigenvalue weighted by molar-refractivity contribution is 5.99. The van der Waals surface area contributed by atoms with Crippen molar-refractivity contribution in [3.05, 3.63) is 59.7 Å². The van der Waals surface area contributed by atoms with Crippen molar-refractivity contribution >= 4 is 17.5 Å². The van der Waals surface area contributed by atoms with E-state index < -0.39 is 17.5 Å². The Hall–Kier alpha value is -3.00. The third-order valence-electron chi connectivity index (χ3n) is 5.65. The Bertz CT molecular complexity index is 924. The van der Waals surface area contributed by atoms with Crippen molar-refractivity contribution < 1.29 is 23.1 Å². The number of nitrogens with zero attached hydrogens (tertiary/aromatic N) is 2. The molecule has 0 atom stereocenters. The lowest BCUT2D eigenvalue weighted by Crippen LogP contribution is -2.45. The lowest BCUT2D eigenvalue weighted by molar-refractivity contribution is -0.117. The molecule has 2 aromatic rings. The number of benzene rings is 2. The van der Waals surface area contributed by atoms with Gasteiger partial charge in [-0.05, 0) is 63.3 Å². The molecule has 2 aromatic carbocycles. The molecule has 3 rings (SSSR count). The highest BCUT2D eigenvalue weighted by Gasteiger charge is 2.28. The van der Waals surface area contributed by atoms with Gasteiger partial charge in [0.05, 0.1) is 0 Å². The normalized spacial score (nSPS) is 14.2. The second-order valence-electron chi connectivity index (χ2n) is 8.61. The highest BCUT2D eigenvalue weighted by Crippen LogP contribution is 2.25. The molecule has 1 saturated carbocycles. The van der Waals surface area contributed by atoms with Crippen molar-refractivity contribution in [1.29, 1.82) is 0 Å². The molecule has 0 heterocycles. The molecule has 1 aliphatic rings. The molecule has 2 amide bonds. The Kier molecular flexibility index (Phi) is 8.77. The average molecular weight is 460 g/mol. The van der Waals surface area contributed by atoms with E-state index in [1.165, 1.54) is 0 Å². The van der Waals surface area contributed by atoms with Gasteiger partial charge in [0.25, 0.3) is 5.91 Å². The van der Waals surface area contributed by atoms with Gasteiger partial charge in [-0.3, -0.25) is 9.59 Å². The second-order valence-corrected chi connectivity index (χ2v) is 8.61. The number of hydrogen-bond donors (Lipinski definition) is 1. The first kappa shape index (κ1) is 24.6. The number of amides is 2. The number of ether oxygens (including phenoxy) is 1. The molecular formula is C25H31F2N3O3. The van der Waals surface area contributed by atoms with E-state index >= 15 is 0 Å². The fourth-order valence-electron chi connectivity index (χ4n) is 3.95. The molecule has 0 saturated heterocycles. The number of rotatable bonds is 9. The summed E-state index contributed by atoms with van der Waals surface area (Å²) in [6.45, 7) is 1.12. The van der Waals surface area contributed by atoms with E-state index in [0.717, 1.165) is 56.8 Å². The second kappa shape index (κ2) is 11.7. The predicted octanol–water partition coefficient (Wildman–Crippen LogP) is 4.32. The van der Waals surface area contributed by atoms with Crippen LogP contribution in [0, 0.1) is 11.6 Å². The van der Waals surface area contributed by atoms with E-state index in [9.17, 15) is 18.4 Å². The zero-order valence-corrected chi connectivity index (χ0v) is 19.2. The van der Waals surface area contributed by atoms with Gasteiger partial charge in [-0.25, -0.2) is 8.78 Å². The first-order valence-electron chi connectivity index (χ1n) is 11.3. The van der Waals surface area contributed by atoms with E-state index in [4.69, 9.17) is 4.74 Å². The van der Waals surface area contributed by atoms with Crippen LogP contribution in [0.3, 0.4) is 0 Å². The minimum Gasteiger partial charge on any atom is -0.492 e. The molecule has 0 unspecified atom stereocenters. The van der Waals surface area contributed by atoms with Crippen LogP contribution in [0.15, 0.2) is 42.5 Å². The largest absolute Gasteiger partial charge is 0.492 e. The van der Waals surface area contributed by atoms with Gasteiger partial charge in [-0.1, -0.05) is 19.3 Å². The summed E-state index contributed by atoms with van der Waals surface area (Å²) in [5.41, 5.74) is 0.484. The zero-order valence-electron chi connectivity index (χ0n) is 19.2. The van der Waals surface area contributed by atoms with E-state index in [1.807, 2.05) is 19.0 Å². The maximum Gasteiger partial charge on any atom is 0.254 e. The van der Waals surface area contributed by atoms with Crippen LogP contribution in [0.2, 0.25) is 0 Å². The van der Waals surface area contributed by atoms with E-state index in [1.54, 1.807) is 29.2 Å². The summed E-state index contributed by atoms with van der Waals surface area (Å²) in [7, 11) is 3.93. The average Bonchev–Trinajstić information content (AvgIpc) is 2.77. The monoisotopic (exact) mass is 459 g/mol. The summed E-state index contributed by atoms with van der Waals surface area (Å²) in [6.07, 6.45) is 4.72. The first-order valence-corrected chi connectivity index (χ1v) is 11.3. The maximum absolute atomic E-state index is 13.5. The molecule has 1 N–H and O–H groups in total. The lowest BCUT2D eigenvalue weighted by atomic mass is 9.93. The van der Waals surface area contributed by atoms with Crippen LogP contribution < -0.4 is 10.1 Å². The topological polar surface area (TPSA) is 61.9 Å². The van der Waals surface area contributed by atoms with Gasteiger partial charge in [0.2, 0.25) is 5.91 Å². The smallest absolute Gasteiger partial charge is 0.254 e. The molecule has 0 bridgehead atoms. The van der Waals surface area contributed by atoms with Crippen LogP contribution in [0.5, 0.6) is 5.75 Å². The summed E-state index contributed by atoms with van der Waals surface area (Å²) < 4.78 is 32.6. The number of carbonyl (C=O) groups is 2. The van der Waals surface area contributed by atoms with Gasteiger partial charge in [0.1, 0.15) is 30.5 Å². The lowest BCUT2D eigenvalue weighted by Gasteiger charge is -2.34. The number of nitrogens with one attached hydrogen (secondary N) is 1. The predicted molar refractivity (Wildman–Crippen MR) is 123 cm³/mol. The number of hydrogen-bond acceptors (Lipinski definition) is 4. The highest BCUT2D eigenvalue weighted by atomic mass is 19.1. The van der Waals surface area contributed by atoms with Crippen LogP contribution in [-0.2, 0) is 4.79 Å². The third kappa shape index (κ3) is 7.53. The van der Waals surface area contributed by atoms with E-state index in [0.29, 0.717) is 17.9 Å². The van der Waals surface area contributed by atoms with Gasteiger partial charge in [0.15, 0.2) is 0 Å². The summed E-state index contributed by atoms with van der Waals surface area (Å²) >= 11 is 0. The summed E-state index contributed by atoms with van der Waals surface area (Å²) in [4.78, 5) is 29.6. The van der Waals surface area contributed by atoms with Crippen LogP contribution in [-0.4, -0.2) is 61.4 Å². The minimum atomic E-state index is -0.779. The molecule has 0 radical (unpaired) electrons. The van der Waals surface area contributed by atoms with Crippen LogP contribution in [0.4, 0.5) is 14.5 Å². The van der Waals surface area contributed by atoms with Gasteiger partial charge in [-0.15, -0.1) is 0 Å². The van der Waals surface area contributed by atoms with Crippen molar-refractivity contribution in [2.75, 3.05) is 39.1 Å². The quantitative estimate of drug-likeness (QED) is 0.607. The van der Waals surface area contributed by atoms with E-state index in [-0.39, 0.29) is 24.2 Å². The maximum atomic E-state index is 13.5.